The highest BCUT2D eigenvalue weighted by molar-refractivity contribution is 5.71. The zero-order valence-corrected chi connectivity index (χ0v) is 9.14. The summed E-state index contributed by atoms with van der Waals surface area (Å²) in [6.45, 7) is 6.76. The molecule has 17 heavy (non-hydrogen) atoms. The largest absolute Gasteiger partial charge is 0.465 e. The SMILES string of the molecule is C.C.C.C.CCCCOC(=O)C(C)CCCC. The Labute approximate surface area is 111 Å². The lowest BCUT2D eigenvalue weighted by Crippen LogP contribution is -2.15. The summed E-state index contributed by atoms with van der Waals surface area (Å²) in [6, 6.07) is 0. The van der Waals surface area contributed by atoms with Gasteiger partial charge in [0.15, 0.2) is 0 Å². The average molecular weight is 250 g/mol. The molecule has 110 valence electrons. The van der Waals surface area contributed by atoms with Crippen LogP contribution < -0.4 is 0 Å². The predicted molar refractivity (Wildman–Crippen MR) is 81.5 cm³/mol. The standard InChI is InChI=1S/C11H22O2.4CH4/c1-4-6-8-10(3)11(12)13-9-7-5-2;;;;/h10H,4-9H2,1-3H3;4*1H4. The number of hydrogen-bond donors (Lipinski definition) is 0. The van der Waals surface area contributed by atoms with Crippen LogP contribution in [0.3, 0.4) is 0 Å². The summed E-state index contributed by atoms with van der Waals surface area (Å²) in [4.78, 5) is 11.3. The second kappa shape index (κ2) is 20.8. The Bertz CT molecular complexity index is 133. The maximum atomic E-state index is 11.3. The highest BCUT2D eigenvalue weighted by Crippen LogP contribution is 2.09. The van der Waals surface area contributed by atoms with Crippen LogP contribution in [0.15, 0.2) is 0 Å². The lowest BCUT2D eigenvalue weighted by Gasteiger charge is -2.10. The zero-order chi connectivity index (χ0) is 10.1. The van der Waals surface area contributed by atoms with Gasteiger partial charge in [-0.25, -0.2) is 0 Å². The van der Waals surface area contributed by atoms with E-state index in [4.69, 9.17) is 4.74 Å². The Balaban J connectivity index is -0.000000120. The Morgan fingerprint density at radius 3 is 1.88 bits per heavy atom. The number of unbranched alkanes of at least 4 members (excludes halogenated alkanes) is 2. The Morgan fingerprint density at radius 2 is 1.47 bits per heavy atom. The van der Waals surface area contributed by atoms with E-state index in [2.05, 4.69) is 13.8 Å². The molecule has 0 aliphatic carbocycles. The quantitative estimate of drug-likeness (QED) is 0.428. The molecule has 0 fully saturated rings. The molecule has 0 aromatic heterocycles. The van der Waals surface area contributed by atoms with E-state index in [9.17, 15) is 4.79 Å². The molecule has 0 radical (unpaired) electrons. The number of hydrogen-bond acceptors (Lipinski definition) is 2. The molecule has 0 aliphatic heterocycles. The molecule has 0 aromatic rings. The van der Waals surface area contributed by atoms with Gasteiger partial charge in [-0.1, -0.05) is 69.7 Å². The summed E-state index contributed by atoms with van der Waals surface area (Å²) in [5.41, 5.74) is 0. The minimum atomic E-state index is -0.0260. The fraction of sp³-hybridized carbons (Fsp3) is 0.933. The molecule has 2 nitrogen and oxygen atoms in total. The molecular weight excluding hydrogens is 212 g/mol. The number of carbonyl (C=O) groups is 1. The molecule has 0 saturated heterocycles. The van der Waals surface area contributed by atoms with E-state index in [0.29, 0.717) is 6.61 Å². The van der Waals surface area contributed by atoms with E-state index in [0.717, 1.165) is 32.1 Å². The molecule has 0 spiro atoms. The first-order valence-electron chi connectivity index (χ1n) is 5.39. The molecule has 0 N–H and O–H groups in total. The van der Waals surface area contributed by atoms with Crippen molar-refractivity contribution in [2.75, 3.05) is 6.61 Å². The molecule has 0 saturated carbocycles. The van der Waals surface area contributed by atoms with Crippen molar-refractivity contribution in [1.82, 2.24) is 0 Å². The zero-order valence-electron chi connectivity index (χ0n) is 9.14. The van der Waals surface area contributed by atoms with Crippen molar-refractivity contribution in [2.45, 2.75) is 82.6 Å². The van der Waals surface area contributed by atoms with Gasteiger partial charge in [-0.3, -0.25) is 4.79 Å². The number of carbonyl (C=O) groups excluding carboxylic acids is 1. The lowest BCUT2D eigenvalue weighted by molar-refractivity contribution is -0.148. The number of esters is 1. The lowest BCUT2D eigenvalue weighted by atomic mass is 10.1. The molecule has 0 aromatic carbocycles. The maximum absolute atomic E-state index is 11.3. The van der Waals surface area contributed by atoms with Gasteiger partial charge < -0.3 is 4.74 Å². The Hall–Kier alpha value is -0.530. The minimum Gasteiger partial charge on any atom is -0.465 e. The minimum absolute atomic E-state index is 0. The predicted octanol–water partition coefficient (Wildman–Crippen LogP) is 5.70. The molecule has 0 heterocycles. The van der Waals surface area contributed by atoms with Crippen LogP contribution >= 0.6 is 0 Å². The van der Waals surface area contributed by atoms with Crippen molar-refractivity contribution in [3.05, 3.63) is 0 Å². The van der Waals surface area contributed by atoms with E-state index < -0.39 is 0 Å². The maximum Gasteiger partial charge on any atom is 0.308 e. The highest BCUT2D eigenvalue weighted by atomic mass is 16.5. The second-order valence-corrected chi connectivity index (χ2v) is 3.56. The van der Waals surface area contributed by atoms with Crippen molar-refractivity contribution in [1.29, 1.82) is 0 Å². The van der Waals surface area contributed by atoms with Gasteiger partial charge in [0.2, 0.25) is 0 Å². The summed E-state index contributed by atoms with van der Waals surface area (Å²) in [6.07, 6.45) is 5.28. The van der Waals surface area contributed by atoms with E-state index in [1.807, 2.05) is 6.92 Å². The smallest absolute Gasteiger partial charge is 0.308 e. The second-order valence-electron chi connectivity index (χ2n) is 3.56. The fourth-order valence-corrected chi connectivity index (χ4v) is 1.09. The van der Waals surface area contributed by atoms with Crippen LogP contribution in [0.5, 0.6) is 0 Å². The molecule has 1 unspecified atom stereocenters. The van der Waals surface area contributed by atoms with Gasteiger partial charge in [-0.15, -0.1) is 0 Å². The first kappa shape index (κ1) is 30.0. The first-order chi connectivity index (χ1) is 6.22. The van der Waals surface area contributed by atoms with Crippen LogP contribution in [0, 0.1) is 5.92 Å². The van der Waals surface area contributed by atoms with Crippen LogP contribution in [0.25, 0.3) is 0 Å². The Morgan fingerprint density at radius 1 is 1.00 bits per heavy atom. The third-order valence-electron chi connectivity index (χ3n) is 2.14. The molecule has 2 heteroatoms. The summed E-state index contributed by atoms with van der Waals surface area (Å²) in [7, 11) is 0. The molecule has 1 atom stereocenters. The van der Waals surface area contributed by atoms with E-state index in [1.165, 1.54) is 0 Å². The van der Waals surface area contributed by atoms with E-state index in [1.54, 1.807) is 0 Å². The molecular formula is C15H38O2. The van der Waals surface area contributed by atoms with Crippen molar-refractivity contribution in [2.24, 2.45) is 5.92 Å². The van der Waals surface area contributed by atoms with Gasteiger partial charge in [0, 0.05) is 0 Å². The topological polar surface area (TPSA) is 26.3 Å². The molecule has 0 amide bonds. The van der Waals surface area contributed by atoms with Gasteiger partial charge in [0.1, 0.15) is 0 Å². The van der Waals surface area contributed by atoms with Gasteiger partial charge in [-0.05, 0) is 12.8 Å². The van der Waals surface area contributed by atoms with Gasteiger partial charge >= 0.3 is 5.97 Å². The van der Waals surface area contributed by atoms with Crippen LogP contribution in [0.1, 0.15) is 82.6 Å². The summed E-state index contributed by atoms with van der Waals surface area (Å²) < 4.78 is 5.10. The molecule has 0 aliphatic rings. The van der Waals surface area contributed by atoms with Crippen LogP contribution in [-0.2, 0) is 9.53 Å². The average Bonchev–Trinajstić information content (AvgIpc) is 2.14. The third kappa shape index (κ3) is 18.1. The monoisotopic (exact) mass is 250 g/mol. The third-order valence-corrected chi connectivity index (χ3v) is 2.14. The number of ether oxygens (including phenoxy) is 1. The van der Waals surface area contributed by atoms with Gasteiger partial charge in [0.05, 0.1) is 12.5 Å². The summed E-state index contributed by atoms with van der Waals surface area (Å²) in [5, 5.41) is 0. The van der Waals surface area contributed by atoms with Crippen LogP contribution in [-0.4, -0.2) is 12.6 Å². The molecule has 0 bridgehead atoms. The van der Waals surface area contributed by atoms with E-state index >= 15 is 0 Å². The normalized spacial score (nSPS) is 9.59. The van der Waals surface area contributed by atoms with Crippen molar-refractivity contribution < 1.29 is 9.53 Å². The molecule has 0 rings (SSSR count). The first-order valence-corrected chi connectivity index (χ1v) is 5.39. The Kier molecular flexibility index (Phi) is 36.7. The van der Waals surface area contributed by atoms with Crippen molar-refractivity contribution in [3.63, 3.8) is 0 Å². The summed E-state index contributed by atoms with van der Waals surface area (Å²) >= 11 is 0. The van der Waals surface area contributed by atoms with Gasteiger partial charge in [-0.2, -0.15) is 0 Å². The van der Waals surface area contributed by atoms with Crippen LogP contribution in [0.4, 0.5) is 0 Å². The van der Waals surface area contributed by atoms with Crippen molar-refractivity contribution in [3.8, 4) is 0 Å². The fourth-order valence-electron chi connectivity index (χ4n) is 1.09. The van der Waals surface area contributed by atoms with Gasteiger partial charge in [0.25, 0.3) is 0 Å². The summed E-state index contributed by atoms with van der Waals surface area (Å²) in [5.74, 6) is 0.0544. The number of rotatable bonds is 7. The van der Waals surface area contributed by atoms with Crippen molar-refractivity contribution >= 4 is 5.97 Å². The van der Waals surface area contributed by atoms with E-state index in [-0.39, 0.29) is 41.6 Å². The van der Waals surface area contributed by atoms with Crippen LogP contribution in [0.2, 0.25) is 0 Å². The highest BCUT2D eigenvalue weighted by Gasteiger charge is 2.12.